The van der Waals surface area contributed by atoms with E-state index in [9.17, 15) is 4.79 Å². The molecule has 1 rings (SSSR count). The van der Waals surface area contributed by atoms with Crippen LogP contribution in [0.15, 0.2) is 18.3 Å². The summed E-state index contributed by atoms with van der Waals surface area (Å²) in [6, 6.07) is 3.54. The molecule has 1 aromatic rings. The molecule has 0 amide bonds. The summed E-state index contributed by atoms with van der Waals surface area (Å²) in [6.07, 6.45) is 2.71. The maximum Gasteiger partial charge on any atom is 0.339 e. The van der Waals surface area contributed by atoms with Crippen LogP contribution in [0.3, 0.4) is 0 Å². The summed E-state index contributed by atoms with van der Waals surface area (Å²) in [5.74, 6) is 0.456. The van der Waals surface area contributed by atoms with Crippen molar-refractivity contribution in [3.63, 3.8) is 0 Å². The van der Waals surface area contributed by atoms with Gasteiger partial charge in [0, 0.05) is 19.3 Å². The molecule has 0 aliphatic heterocycles. The normalized spacial score (nSPS) is 10.6. The molecule has 20 heavy (non-hydrogen) atoms. The molecule has 0 atom stereocenters. The second-order valence-electron chi connectivity index (χ2n) is 4.51. The third kappa shape index (κ3) is 5.57. The molecule has 0 saturated heterocycles. The van der Waals surface area contributed by atoms with E-state index in [1.54, 1.807) is 19.2 Å². The zero-order valence-electron chi connectivity index (χ0n) is 12.7. The van der Waals surface area contributed by atoms with Crippen molar-refractivity contribution < 1.29 is 9.53 Å². The van der Waals surface area contributed by atoms with Gasteiger partial charge < -0.3 is 15.0 Å². The minimum Gasteiger partial charge on any atom is -0.462 e. The van der Waals surface area contributed by atoms with Crippen LogP contribution in [0.1, 0.15) is 37.6 Å². The number of esters is 1. The SMILES string of the molecule is CCCN(CC)CCNc1ccc(C(=O)OCC)cn1. The fourth-order valence-electron chi connectivity index (χ4n) is 1.92. The van der Waals surface area contributed by atoms with Gasteiger partial charge in [-0.2, -0.15) is 0 Å². The van der Waals surface area contributed by atoms with Gasteiger partial charge in [-0.25, -0.2) is 9.78 Å². The Morgan fingerprint density at radius 1 is 1.30 bits per heavy atom. The number of hydrogen-bond donors (Lipinski definition) is 1. The second-order valence-corrected chi connectivity index (χ2v) is 4.51. The van der Waals surface area contributed by atoms with Gasteiger partial charge in [-0.1, -0.05) is 13.8 Å². The first kappa shape index (κ1) is 16.4. The average molecular weight is 279 g/mol. The number of hydrogen-bond acceptors (Lipinski definition) is 5. The Labute approximate surface area is 121 Å². The summed E-state index contributed by atoms with van der Waals surface area (Å²) in [7, 11) is 0. The standard InChI is InChI=1S/C15H25N3O2/c1-4-10-18(5-2)11-9-16-14-8-7-13(12-17-14)15(19)20-6-3/h7-8,12H,4-6,9-11H2,1-3H3,(H,16,17). The molecule has 0 aliphatic rings. The largest absolute Gasteiger partial charge is 0.462 e. The highest BCUT2D eigenvalue weighted by Crippen LogP contribution is 2.06. The molecule has 0 radical (unpaired) electrons. The van der Waals surface area contributed by atoms with Crippen LogP contribution in [0.5, 0.6) is 0 Å². The van der Waals surface area contributed by atoms with Crippen molar-refractivity contribution in [2.75, 3.05) is 38.1 Å². The number of likely N-dealkylation sites (N-methyl/N-ethyl adjacent to an activating group) is 1. The van der Waals surface area contributed by atoms with E-state index in [1.165, 1.54) is 6.42 Å². The third-order valence-corrected chi connectivity index (χ3v) is 3.00. The molecule has 0 fully saturated rings. The molecular weight excluding hydrogens is 254 g/mol. The van der Waals surface area contributed by atoms with E-state index in [1.807, 2.05) is 6.07 Å². The molecule has 0 aromatic carbocycles. The Hall–Kier alpha value is -1.62. The molecular formula is C15H25N3O2. The summed E-state index contributed by atoms with van der Waals surface area (Å²) in [5.41, 5.74) is 0.485. The lowest BCUT2D eigenvalue weighted by molar-refractivity contribution is 0.0526. The quantitative estimate of drug-likeness (QED) is 0.703. The van der Waals surface area contributed by atoms with Crippen LogP contribution < -0.4 is 5.32 Å². The number of pyridine rings is 1. The summed E-state index contributed by atoms with van der Waals surface area (Å²) < 4.78 is 4.92. The van der Waals surface area contributed by atoms with Crippen LogP contribution in [0.2, 0.25) is 0 Å². The fraction of sp³-hybridized carbons (Fsp3) is 0.600. The molecule has 1 N–H and O–H groups in total. The molecule has 1 aromatic heterocycles. The Morgan fingerprint density at radius 3 is 2.65 bits per heavy atom. The minimum absolute atomic E-state index is 0.327. The molecule has 0 spiro atoms. The number of anilines is 1. The van der Waals surface area contributed by atoms with Gasteiger partial charge in [-0.15, -0.1) is 0 Å². The van der Waals surface area contributed by atoms with Gasteiger partial charge in [0.05, 0.1) is 12.2 Å². The fourth-order valence-corrected chi connectivity index (χ4v) is 1.92. The first-order valence-electron chi connectivity index (χ1n) is 7.30. The predicted octanol–water partition coefficient (Wildman–Crippen LogP) is 2.40. The molecule has 5 heteroatoms. The van der Waals surface area contributed by atoms with Crippen LogP contribution in [0, 0.1) is 0 Å². The topological polar surface area (TPSA) is 54.5 Å². The molecule has 0 saturated carbocycles. The first-order chi connectivity index (χ1) is 9.71. The van der Waals surface area contributed by atoms with Gasteiger partial charge in [0.15, 0.2) is 0 Å². The van der Waals surface area contributed by atoms with E-state index in [0.717, 1.165) is 32.0 Å². The molecule has 0 unspecified atom stereocenters. The highest BCUT2D eigenvalue weighted by Gasteiger charge is 2.06. The van der Waals surface area contributed by atoms with Crippen molar-refractivity contribution in [1.29, 1.82) is 0 Å². The Kier molecular flexibility index (Phi) is 7.65. The number of ether oxygens (including phenoxy) is 1. The smallest absolute Gasteiger partial charge is 0.339 e. The van der Waals surface area contributed by atoms with Crippen molar-refractivity contribution in [3.05, 3.63) is 23.9 Å². The van der Waals surface area contributed by atoms with Gasteiger partial charge in [-0.3, -0.25) is 0 Å². The van der Waals surface area contributed by atoms with Gasteiger partial charge in [0.1, 0.15) is 5.82 Å². The van der Waals surface area contributed by atoms with Gasteiger partial charge >= 0.3 is 5.97 Å². The van der Waals surface area contributed by atoms with Crippen molar-refractivity contribution in [2.24, 2.45) is 0 Å². The van der Waals surface area contributed by atoms with E-state index >= 15 is 0 Å². The summed E-state index contributed by atoms with van der Waals surface area (Å²) in [6.45, 7) is 10.5. The molecule has 112 valence electrons. The monoisotopic (exact) mass is 279 g/mol. The Morgan fingerprint density at radius 2 is 2.10 bits per heavy atom. The molecule has 0 aliphatic carbocycles. The van der Waals surface area contributed by atoms with E-state index in [0.29, 0.717) is 12.2 Å². The summed E-state index contributed by atoms with van der Waals surface area (Å²) in [4.78, 5) is 18.1. The van der Waals surface area contributed by atoms with Gasteiger partial charge in [0.25, 0.3) is 0 Å². The number of rotatable bonds is 9. The number of nitrogens with zero attached hydrogens (tertiary/aromatic N) is 2. The lowest BCUT2D eigenvalue weighted by atomic mass is 10.3. The number of carbonyl (C=O) groups excluding carboxylic acids is 1. The van der Waals surface area contributed by atoms with Gasteiger partial charge in [-0.05, 0) is 38.6 Å². The number of aromatic nitrogens is 1. The van der Waals surface area contributed by atoms with Crippen LogP contribution in [-0.2, 0) is 4.74 Å². The maximum atomic E-state index is 11.5. The lowest BCUT2D eigenvalue weighted by Crippen LogP contribution is -2.29. The van der Waals surface area contributed by atoms with Crippen LogP contribution in [-0.4, -0.2) is 48.6 Å². The number of nitrogens with one attached hydrogen (secondary N) is 1. The highest BCUT2D eigenvalue weighted by molar-refractivity contribution is 5.89. The van der Waals surface area contributed by atoms with Gasteiger partial charge in [0.2, 0.25) is 0 Å². The first-order valence-corrected chi connectivity index (χ1v) is 7.30. The van der Waals surface area contributed by atoms with Crippen molar-refractivity contribution in [1.82, 2.24) is 9.88 Å². The molecule has 0 bridgehead atoms. The Balaban J connectivity index is 2.40. The van der Waals surface area contributed by atoms with E-state index in [4.69, 9.17) is 4.74 Å². The predicted molar refractivity (Wildman–Crippen MR) is 81.1 cm³/mol. The lowest BCUT2D eigenvalue weighted by Gasteiger charge is -2.19. The van der Waals surface area contributed by atoms with Crippen LogP contribution >= 0.6 is 0 Å². The average Bonchev–Trinajstić information content (AvgIpc) is 2.47. The minimum atomic E-state index is -0.327. The number of carbonyl (C=O) groups is 1. The van der Waals surface area contributed by atoms with Crippen molar-refractivity contribution in [3.8, 4) is 0 Å². The highest BCUT2D eigenvalue weighted by atomic mass is 16.5. The molecule has 1 heterocycles. The summed E-state index contributed by atoms with van der Waals surface area (Å²) >= 11 is 0. The summed E-state index contributed by atoms with van der Waals surface area (Å²) in [5, 5.41) is 3.26. The second kappa shape index (κ2) is 9.31. The zero-order chi connectivity index (χ0) is 14.8. The Bertz CT molecular complexity index is 393. The zero-order valence-corrected chi connectivity index (χ0v) is 12.7. The van der Waals surface area contributed by atoms with E-state index < -0.39 is 0 Å². The maximum absolute atomic E-state index is 11.5. The van der Waals surface area contributed by atoms with E-state index in [2.05, 4.69) is 29.0 Å². The molecule has 5 nitrogen and oxygen atoms in total. The van der Waals surface area contributed by atoms with Crippen molar-refractivity contribution >= 4 is 11.8 Å². The van der Waals surface area contributed by atoms with Crippen LogP contribution in [0.25, 0.3) is 0 Å². The van der Waals surface area contributed by atoms with Crippen LogP contribution in [0.4, 0.5) is 5.82 Å². The van der Waals surface area contributed by atoms with E-state index in [-0.39, 0.29) is 5.97 Å². The van der Waals surface area contributed by atoms with Crippen molar-refractivity contribution in [2.45, 2.75) is 27.2 Å². The third-order valence-electron chi connectivity index (χ3n) is 3.00.